The molecule has 2 heterocycles. The number of nitrogens with zero attached hydrogens (tertiary/aromatic N) is 3. The number of methoxy groups -OCH3 is 2. The summed E-state index contributed by atoms with van der Waals surface area (Å²) in [5.74, 6) is 1.85. The molecule has 188 valence electrons. The first-order chi connectivity index (χ1) is 18.0. The van der Waals surface area contributed by atoms with Gasteiger partial charge in [-0.3, -0.25) is 9.88 Å². The molecule has 4 amide bonds. The number of amides is 4. The van der Waals surface area contributed by atoms with Crippen LogP contribution in [-0.4, -0.2) is 49.3 Å². The van der Waals surface area contributed by atoms with Crippen molar-refractivity contribution >= 4 is 34.3 Å². The highest BCUT2D eigenvalue weighted by molar-refractivity contribution is 6.08. The van der Waals surface area contributed by atoms with Crippen LogP contribution in [0.2, 0.25) is 0 Å². The van der Waals surface area contributed by atoms with Gasteiger partial charge in [-0.15, -0.1) is 0 Å². The van der Waals surface area contributed by atoms with Crippen LogP contribution in [0.5, 0.6) is 23.0 Å². The highest BCUT2D eigenvalue weighted by Gasteiger charge is 2.34. The van der Waals surface area contributed by atoms with Gasteiger partial charge in [-0.05, 0) is 60.7 Å². The highest BCUT2D eigenvalue weighted by atomic mass is 19.1. The second-order valence-corrected chi connectivity index (χ2v) is 8.15. The molecule has 0 aliphatic carbocycles. The van der Waals surface area contributed by atoms with E-state index in [1.54, 1.807) is 62.9 Å². The van der Waals surface area contributed by atoms with Crippen LogP contribution in [0.4, 0.5) is 25.4 Å². The number of imide groups is 1. The number of aromatic nitrogens is 1. The average Bonchev–Trinajstić information content (AvgIpc) is 3.30. The molecule has 1 fully saturated rings. The van der Waals surface area contributed by atoms with E-state index in [1.807, 2.05) is 0 Å². The second-order valence-electron chi connectivity index (χ2n) is 8.15. The van der Waals surface area contributed by atoms with Gasteiger partial charge in [-0.2, -0.15) is 0 Å². The van der Waals surface area contributed by atoms with E-state index in [1.165, 1.54) is 29.2 Å². The molecule has 9 nitrogen and oxygen atoms in total. The summed E-state index contributed by atoms with van der Waals surface area (Å²) in [7, 11) is 3.12. The minimum Gasteiger partial charge on any atom is -0.493 e. The van der Waals surface area contributed by atoms with Gasteiger partial charge in [0.15, 0.2) is 11.5 Å². The van der Waals surface area contributed by atoms with Crippen molar-refractivity contribution in [3.05, 3.63) is 78.7 Å². The topological polar surface area (TPSA) is 93.2 Å². The van der Waals surface area contributed by atoms with Gasteiger partial charge in [0, 0.05) is 35.6 Å². The maximum Gasteiger partial charge on any atom is 0.332 e. The van der Waals surface area contributed by atoms with Crippen LogP contribution < -0.4 is 24.4 Å². The second kappa shape index (κ2) is 10.0. The fourth-order valence-electron chi connectivity index (χ4n) is 4.05. The minimum absolute atomic E-state index is 0.215. The number of nitrogens with one attached hydrogen (secondary N) is 1. The molecule has 10 heteroatoms. The fourth-order valence-corrected chi connectivity index (χ4v) is 4.05. The number of urea groups is 2. The van der Waals surface area contributed by atoms with Gasteiger partial charge in [-0.1, -0.05) is 0 Å². The van der Waals surface area contributed by atoms with E-state index in [4.69, 9.17) is 14.2 Å². The van der Waals surface area contributed by atoms with Crippen LogP contribution in [-0.2, 0) is 0 Å². The number of hydrogen-bond donors (Lipinski definition) is 1. The highest BCUT2D eigenvalue weighted by Crippen LogP contribution is 2.37. The number of fused-ring (bicyclic) bond motifs is 1. The molecule has 1 aliphatic heterocycles. The van der Waals surface area contributed by atoms with E-state index in [9.17, 15) is 14.0 Å². The molecule has 0 bridgehead atoms. The van der Waals surface area contributed by atoms with Gasteiger partial charge in [0.1, 0.15) is 17.3 Å². The molecule has 5 rings (SSSR count). The molecule has 1 aliphatic rings. The zero-order valence-electron chi connectivity index (χ0n) is 20.1. The third-order valence-electron chi connectivity index (χ3n) is 5.93. The Hall–Kier alpha value is -4.86. The predicted octanol–water partition coefficient (Wildman–Crippen LogP) is 5.66. The summed E-state index contributed by atoms with van der Waals surface area (Å²) >= 11 is 0. The van der Waals surface area contributed by atoms with Crippen LogP contribution in [0.25, 0.3) is 10.9 Å². The van der Waals surface area contributed by atoms with E-state index in [-0.39, 0.29) is 6.54 Å². The van der Waals surface area contributed by atoms with Crippen LogP contribution >= 0.6 is 0 Å². The van der Waals surface area contributed by atoms with Crippen molar-refractivity contribution in [2.75, 3.05) is 37.5 Å². The summed E-state index contributed by atoms with van der Waals surface area (Å²) in [6.07, 6.45) is 1.64. The molecule has 0 atom stereocenters. The number of anilines is 2. The summed E-state index contributed by atoms with van der Waals surface area (Å²) in [5, 5.41) is 3.47. The molecular weight excluding hydrogens is 479 g/mol. The first kappa shape index (κ1) is 23.9. The van der Waals surface area contributed by atoms with Crippen molar-refractivity contribution in [1.82, 2.24) is 9.88 Å². The van der Waals surface area contributed by atoms with Crippen molar-refractivity contribution in [3.8, 4) is 23.0 Å². The predicted molar refractivity (Wildman–Crippen MR) is 136 cm³/mol. The monoisotopic (exact) mass is 502 g/mol. The number of pyridine rings is 1. The van der Waals surface area contributed by atoms with Gasteiger partial charge in [0.25, 0.3) is 0 Å². The standard InChI is InChI=1S/C27H23FN4O5/c1-35-24-15-21-22(16-25(24)36-2)29-12-11-23(21)37-20-9-5-18(6-10-20)30-26(33)32-14-13-31(27(32)34)19-7-3-17(28)4-8-19/h3-12,15-16H,13-14H2,1-2H3,(H,30,33). The van der Waals surface area contributed by atoms with E-state index < -0.39 is 17.9 Å². The molecule has 1 aromatic heterocycles. The number of carbonyl (C=O) groups is 2. The van der Waals surface area contributed by atoms with E-state index in [2.05, 4.69) is 10.3 Å². The number of halogens is 1. The van der Waals surface area contributed by atoms with Crippen molar-refractivity contribution in [3.63, 3.8) is 0 Å². The number of benzene rings is 3. The van der Waals surface area contributed by atoms with E-state index >= 15 is 0 Å². The van der Waals surface area contributed by atoms with Crippen LogP contribution in [0.3, 0.4) is 0 Å². The SMILES string of the molecule is COc1cc2nccc(Oc3ccc(NC(=O)N4CCN(c5ccc(F)cc5)C4=O)cc3)c2cc1OC. The Kier molecular flexibility index (Phi) is 6.46. The molecule has 0 unspecified atom stereocenters. The Balaban J connectivity index is 1.27. The van der Waals surface area contributed by atoms with Crippen molar-refractivity contribution < 1.29 is 28.2 Å². The lowest BCUT2D eigenvalue weighted by Crippen LogP contribution is -2.39. The lowest BCUT2D eigenvalue weighted by molar-refractivity contribution is 0.209. The number of ether oxygens (including phenoxy) is 3. The zero-order chi connectivity index (χ0) is 25.9. The number of carbonyl (C=O) groups excluding carboxylic acids is 2. The van der Waals surface area contributed by atoms with Crippen LogP contribution in [0.1, 0.15) is 0 Å². The van der Waals surface area contributed by atoms with Crippen LogP contribution in [0.15, 0.2) is 72.9 Å². The summed E-state index contributed by atoms with van der Waals surface area (Å²) in [4.78, 5) is 32.4. The third-order valence-corrected chi connectivity index (χ3v) is 5.93. The van der Waals surface area contributed by atoms with E-state index in [0.717, 1.165) is 10.3 Å². The lowest BCUT2D eigenvalue weighted by Gasteiger charge is -2.18. The van der Waals surface area contributed by atoms with Gasteiger partial charge >= 0.3 is 12.1 Å². The maximum absolute atomic E-state index is 13.2. The van der Waals surface area contributed by atoms with Gasteiger partial charge in [0.2, 0.25) is 0 Å². The first-order valence-corrected chi connectivity index (χ1v) is 11.4. The quantitative estimate of drug-likeness (QED) is 0.366. The van der Waals surface area contributed by atoms with Gasteiger partial charge in [0.05, 0.1) is 26.3 Å². The number of rotatable bonds is 6. The molecule has 0 saturated carbocycles. The fraction of sp³-hybridized carbons (Fsp3) is 0.148. The molecule has 0 spiro atoms. The minimum atomic E-state index is -0.551. The normalized spacial score (nSPS) is 13.1. The molecule has 1 saturated heterocycles. The average molecular weight is 503 g/mol. The van der Waals surface area contributed by atoms with E-state index in [0.29, 0.717) is 46.4 Å². The van der Waals surface area contributed by atoms with Gasteiger partial charge in [-0.25, -0.2) is 18.9 Å². The summed E-state index contributed by atoms with van der Waals surface area (Å²) in [6.45, 7) is 0.536. The van der Waals surface area contributed by atoms with Crippen molar-refractivity contribution in [2.24, 2.45) is 0 Å². The zero-order valence-corrected chi connectivity index (χ0v) is 20.1. The molecular formula is C27H23FN4O5. The Morgan fingerprint density at radius 3 is 2.32 bits per heavy atom. The molecule has 1 N–H and O–H groups in total. The largest absolute Gasteiger partial charge is 0.493 e. The lowest BCUT2D eigenvalue weighted by atomic mass is 10.2. The molecule has 0 radical (unpaired) electrons. The maximum atomic E-state index is 13.2. The first-order valence-electron chi connectivity index (χ1n) is 11.4. The number of hydrogen-bond acceptors (Lipinski definition) is 6. The van der Waals surface area contributed by atoms with Crippen molar-refractivity contribution in [2.45, 2.75) is 0 Å². The Morgan fingerprint density at radius 1 is 0.919 bits per heavy atom. The third kappa shape index (κ3) is 4.81. The molecule has 4 aromatic rings. The Labute approximate surface area is 212 Å². The summed E-state index contributed by atoms with van der Waals surface area (Å²) in [6, 6.07) is 16.6. The molecule has 37 heavy (non-hydrogen) atoms. The Morgan fingerprint density at radius 2 is 1.62 bits per heavy atom. The molecule has 3 aromatic carbocycles. The summed E-state index contributed by atoms with van der Waals surface area (Å²) < 4.78 is 30.0. The van der Waals surface area contributed by atoms with Gasteiger partial charge < -0.3 is 19.5 Å². The van der Waals surface area contributed by atoms with Crippen LogP contribution in [0, 0.1) is 5.82 Å². The smallest absolute Gasteiger partial charge is 0.332 e. The Bertz CT molecular complexity index is 1460. The summed E-state index contributed by atoms with van der Waals surface area (Å²) in [5.41, 5.74) is 1.71. The van der Waals surface area contributed by atoms with Crippen molar-refractivity contribution in [1.29, 1.82) is 0 Å².